The molecule has 0 aromatic heterocycles. The van der Waals surface area contributed by atoms with E-state index in [9.17, 15) is 37.6 Å². The molecule has 4 aliphatic rings. The van der Waals surface area contributed by atoms with Crippen molar-refractivity contribution in [1.29, 1.82) is 5.26 Å². The quantitative estimate of drug-likeness (QED) is 0.449. The van der Waals surface area contributed by atoms with Crippen LogP contribution < -0.4 is 16.0 Å². The molecule has 0 bridgehead atoms. The van der Waals surface area contributed by atoms with Crippen LogP contribution in [0.1, 0.15) is 94.3 Å². The summed E-state index contributed by atoms with van der Waals surface area (Å²) in [5.74, 6) is -4.05. The first-order valence-electron chi connectivity index (χ1n) is 14.3. The van der Waals surface area contributed by atoms with Crippen molar-refractivity contribution in [2.75, 3.05) is 6.54 Å². The maximum atomic E-state index is 13.8. The van der Waals surface area contributed by atoms with E-state index in [2.05, 4.69) is 16.7 Å². The number of alkyl halides is 3. The van der Waals surface area contributed by atoms with Crippen molar-refractivity contribution in [3.63, 3.8) is 0 Å². The van der Waals surface area contributed by atoms with Crippen molar-refractivity contribution in [1.82, 2.24) is 20.9 Å². The number of piperidine rings is 1. The number of nitrogens with zero attached hydrogens (tertiary/aromatic N) is 2. The van der Waals surface area contributed by atoms with E-state index < -0.39 is 53.4 Å². The summed E-state index contributed by atoms with van der Waals surface area (Å²) in [6.07, 6.45) is 3.10. The summed E-state index contributed by atoms with van der Waals surface area (Å²) in [6, 6.07) is -1.40. The van der Waals surface area contributed by atoms with Crippen molar-refractivity contribution < 1.29 is 35.2 Å². The molecule has 2 saturated carbocycles. The number of likely N-dealkylation sites (tertiary alicyclic amines) is 1. The maximum absolute atomic E-state index is 13.8. The molecule has 12 heteroatoms. The highest BCUT2D eigenvalue weighted by Gasteiger charge is 2.53. The molecular weight excluding hydrogens is 527 g/mol. The molecule has 2 saturated heterocycles. The molecule has 4 atom stereocenters. The SMILES string of the molecule is CC(C)(C)[C@H](NC(=O)C(F)(F)F)C(=O)N1CC2(CCCCC2)C[C@H]1C(=O)N[C@H](C#N)C[C@@H]1CCC2(CC2)NC1=O.[HH].[HH]. The zero-order valence-electron chi connectivity index (χ0n) is 23.5. The summed E-state index contributed by atoms with van der Waals surface area (Å²) in [4.78, 5) is 53.2. The second-order valence-electron chi connectivity index (χ2n) is 13.4. The lowest BCUT2D eigenvalue weighted by Crippen LogP contribution is -2.59. The maximum Gasteiger partial charge on any atom is 0.471 e. The lowest BCUT2D eigenvalue weighted by molar-refractivity contribution is -0.176. The second-order valence-corrected chi connectivity index (χ2v) is 13.4. The third-order valence-corrected chi connectivity index (χ3v) is 9.23. The highest BCUT2D eigenvalue weighted by atomic mass is 19.4. The van der Waals surface area contributed by atoms with E-state index >= 15 is 0 Å². The minimum Gasteiger partial charge on any atom is -0.350 e. The standard InChI is InChI=1S/C28H40F3N5O4.2H2/c1-25(2,3)20(34-24(40)28(29,30)31)23(39)36-16-26(8-5-4-6-9-26)14-19(36)22(38)33-18(15-32)13-17-7-10-27(11-12-27)35-21(17)37;;/h17-20H,4-14,16H2,1-3H3,(H,33,38)(H,34,40)(H,35,37);2*1H/t17-,18-,19-,20+;;/m0../s1. The zero-order valence-corrected chi connectivity index (χ0v) is 23.5. The molecule has 2 spiro atoms. The fraction of sp³-hybridized carbons (Fsp3) is 0.821. The van der Waals surface area contributed by atoms with E-state index in [1.54, 1.807) is 20.8 Å². The van der Waals surface area contributed by atoms with Gasteiger partial charge in [0.15, 0.2) is 0 Å². The minimum absolute atomic E-state index is 0. The van der Waals surface area contributed by atoms with Crippen molar-refractivity contribution in [2.45, 2.75) is 121 Å². The Morgan fingerprint density at radius 1 is 1.10 bits per heavy atom. The van der Waals surface area contributed by atoms with Crippen LogP contribution in [0.5, 0.6) is 0 Å². The molecule has 0 radical (unpaired) electrons. The van der Waals surface area contributed by atoms with Gasteiger partial charge in [0, 0.05) is 20.9 Å². The number of carbonyl (C=O) groups excluding carboxylic acids is 4. The first kappa shape index (κ1) is 30.1. The highest BCUT2D eigenvalue weighted by Crippen LogP contribution is 2.47. The Morgan fingerprint density at radius 2 is 1.75 bits per heavy atom. The van der Waals surface area contributed by atoms with E-state index in [1.807, 2.05) is 5.32 Å². The predicted molar refractivity (Wildman–Crippen MR) is 142 cm³/mol. The number of halogens is 3. The van der Waals surface area contributed by atoms with Gasteiger partial charge < -0.3 is 20.9 Å². The fourth-order valence-corrected chi connectivity index (χ4v) is 6.67. The van der Waals surface area contributed by atoms with E-state index in [-0.39, 0.29) is 32.7 Å². The molecule has 2 aliphatic carbocycles. The van der Waals surface area contributed by atoms with Gasteiger partial charge in [-0.25, -0.2) is 0 Å². The summed E-state index contributed by atoms with van der Waals surface area (Å²) in [7, 11) is 0. The largest absolute Gasteiger partial charge is 0.471 e. The molecular formula is C28H44F3N5O4. The minimum atomic E-state index is -5.17. The van der Waals surface area contributed by atoms with Gasteiger partial charge in [-0.3, -0.25) is 19.2 Å². The summed E-state index contributed by atoms with van der Waals surface area (Å²) >= 11 is 0. The number of amides is 4. The average molecular weight is 572 g/mol. The van der Waals surface area contributed by atoms with Crippen LogP contribution in [-0.2, 0) is 19.2 Å². The fourth-order valence-electron chi connectivity index (χ4n) is 6.67. The molecule has 226 valence electrons. The lowest BCUT2D eigenvalue weighted by atomic mass is 9.72. The zero-order chi connectivity index (χ0) is 29.5. The lowest BCUT2D eigenvalue weighted by Gasteiger charge is -2.37. The van der Waals surface area contributed by atoms with Crippen LogP contribution in [0.4, 0.5) is 13.2 Å². The second kappa shape index (κ2) is 10.9. The topological polar surface area (TPSA) is 131 Å². The van der Waals surface area contributed by atoms with Gasteiger partial charge in [0.25, 0.3) is 0 Å². The number of nitriles is 1. The third-order valence-electron chi connectivity index (χ3n) is 9.23. The van der Waals surface area contributed by atoms with Gasteiger partial charge in [-0.1, -0.05) is 40.0 Å². The van der Waals surface area contributed by atoms with Gasteiger partial charge in [-0.2, -0.15) is 18.4 Å². The third kappa shape index (κ3) is 6.55. The van der Waals surface area contributed by atoms with Crippen LogP contribution >= 0.6 is 0 Å². The van der Waals surface area contributed by atoms with Gasteiger partial charge in [0.2, 0.25) is 17.7 Å². The van der Waals surface area contributed by atoms with E-state index in [0.717, 1.165) is 51.4 Å². The highest BCUT2D eigenvalue weighted by molar-refractivity contribution is 5.94. The monoisotopic (exact) mass is 571 g/mol. The van der Waals surface area contributed by atoms with E-state index in [0.29, 0.717) is 12.8 Å². The van der Waals surface area contributed by atoms with Gasteiger partial charge in [-0.05, 0) is 62.2 Å². The normalized spacial score (nSPS) is 26.9. The number of hydrogen-bond donors (Lipinski definition) is 3. The molecule has 4 rings (SSSR count). The molecule has 2 heterocycles. The first-order chi connectivity index (χ1) is 18.6. The Labute approximate surface area is 235 Å². The number of nitrogens with one attached hydrogen (secondary N) is 3. The summed E-state index contributed by atoms with van der Waals surface area (Å²) < 4.78 is 39.4. The van der Waals surface area contributed by atoms with Crippen molar-refractivity contribution in [3.8, 4) is 6.07 Å². The molecule has 4 amide bonds. The van der Waals surface area contributed by atoms with Crippen LogP contribution in [0, 0.1) is 28.1 Å². The van der Waals surface area contributed by atoms with Crippen LogP contribution in [0.2, 0.25) is 0 Å². The molecule has 40 heavy (non-hydrogen) atoms. The number of hydrogen-bond acceptors (Lipinski definition) is 5. The van der Waals surface area contributed by atoms with Crippen molar-refractivity contribution in [2.24, 2.45) is 16.7 Å². The number of rotatable bonds is 6. The predicted octanol–water partition coefficient (Wildman–Crippen LogP) is 3.58. The van der Waals surface area contributed by atoms with Gasteiger partial charge in [-0.15, -0.1) is 0 Å². The average Bonchev–Trinajstić information content (AvgIpc) is 3.52. The number of carbonyl (C=O) groups is 4. The van der Waals surface area contributed by atoms with Crippen LogP contribution in [0.25, 0.3) is 0 Å². The Bertz CT molecular complexity index is 1080. The first-order valence-corrected chi connectivity index (χ1v) is 14.3. The van der Waals surface area contributed by atoms with Crippen molar-refractivity contribution >= 4 is 23.6 Å². The van der Waals surface area contributed by atoms with E-state index in [4.69, 9.17) is 0 Å². The van der Waals surface area contributed by atoms with Crippen LogP contribution in [0.15, 0.2) is 0 Å². The Morgan fingerprint density at radius 3 is 2.27 bits per heavy atom. The molecule has 0 aromatic carbocycles. The molecule has 4 fully saturated rings. The summed E-state index contributed by atoms with van der Waals surface area (Å²) in [5, 5.41) is 17.4. The summed E-state index contributed by atoms with van der Waals surface area (Å²) in [6.45, 7) is 4.87. The van der Waals surface area contributed by atoms with Gasteiger partial charge in [0.05, 0.1) is 6.07 Å². The Balaban J connectivity index is 0.00000308. The van der Waals surface area contributed by atoms with Crippen LogP contribution in [0.3, 0.4) is 0 Å². The molecule has 3 N–H and O–H groups in total. The molecule has 2 aliphatic heterocycles. The molecule has 9 nitrogen and oxygen atoms in total. The van der Waals surface area contributed by atoms with E-state index in [1.165, 1.54) is 4.90 Å². The smallest absolute Gasteiger partial charge is 0.350 e. The summed E-state index contributed by atoms with van der Waals surface area (Å²) in [5.41, 5.74) is -1.51. The Hall–Kier alpha value is -2.84. The van der Waals surface area contributed by atoms with Crippen LogP contribution in [-0.4, -0.2) is 64.9 Å². The molecule has 0 aromatic rings. The van der Waals surface area contributed by atoms with Gasteiger partial charge in [0.1, 0.15) is 18.1 Å². The molecule has 0 unspecified atom stereocenters. The Kier molecular flexibility index (Phi) is 8.18. The van der Waals surface area contributed by atoms with Gasteiger partial charge >= 0.3 is 12.1 Å². The van der Waals surface area contributed by atoms with Crippen molar-refractivity contribution in [3.05, 3.63) is 0 Å².